The second-order valence-corrected chi connectivity index (χ2v) is 8.75. The minimum Gasteiger partial charge on any atom is -0.356 e. The first-order valence-electron chi connectivity index (χ1n) is 10.4. The Morgan fingerprint density at radius 1 is 1.06 bits per heavy atom. The van der Waals surface area contributed by atoms with Crippen LogP contribution in [0, 0.1) is 19.3 Å². The molecule has 2 aliphatic heterocycles. The molecular formula is C20H21F5N8. The normalized spacial score (nSPS) is 18.1. The Hall–Kier alpha value is -3.12. The van der Waals surface area contributed by atoms with Crippen molar-refractivity contribution in [1.82, 2.24) is 29.7 Å². The molecule has 0 unspecified atom stereocenters. The summed E-state index contributed by atoms with van der Waals surface area (Å²) >= 11 is 0. The van der Waals surface area contributed by atoms with Crippen molar-refractivity contribution in [2.24, 2.45) is 5.41 Å². The molecule has 0 aromatic carbocycles. The van der Waals surface area contributed by atoms with Gasteiger partial charge in [-0.05, 0) is 20.3 Å². The average molecular weight is 468 g/mol. The molecule has 1 spiro atoms. The number of rotatable bonds is 4. The van der Waals surface area contributed by atoms with Gasteiger partial charge < -0.3 is 9.80 Å². The highest BCUT2D eigenvalue weighted by Crippen LogP contribution is 2.42. The zero-order valence-electron chi connectivity index (χ0n) is 17.9. The van der Waals surface area contributed by atoms with Gasteiger partial charge in [-0.25, -0.2) is 28.4 Å². The summed E-state index contributed by atoms with van der Waals surface area (Å²) in [6, 6.07) is 0.992. The Morgan fingerprint density at radius 2 is 1.79 bits per heavy atom. The smallest absolute Gasteiger partial charge is 0.356 e. The van der Waals surface area contributed by atoms with E-state index in [0.29, 0.717) is 48.9 Å². The van der Waals surface area contributed by atoms with Gasteiger partial charge in [0.15, 0.2) is 5.65 Å². The molecule has 5 rings (SSSR count). The fourth-order valence-corrected chi connectivity index (χ4v) is 4.66. The van der Waals surface area contributed by atoms with E-state index in [1.54, 1.807) is 13.1 Å². The summed E-state index contributed by atoms with van der Waals surface area (Å²) in [7, 11) is 0. The van der Waals surface area contributed by atoms with Gasteiger partial charge in [-0.2, -0.15) is 23.3 Å². The second kappa shape index (κ2) is 7.45. The minimum absolute atomic E-state index is 0.0772. The van der Waals surface area contributed by atoms with Crippen molar-refractivity contribution in [1.29, 1.82) is 0 Å². The number of aryl methyl sites for hydroxylation is 2. The molecule has 3 aromatic heterocycles. The molecule has 5 heterocycles. The van der Waals surface area contributed by atoms with E-state index in [0.717, 1.165) is 12.5 Å². The maximum atomic E-state index is 13.1. The number of hydrogen-bond donors (Lipinski definition) is 0. The van der Waals surface area contributed by atoms with Gasteiger partial charge in [0, 0.05) is 43.9 Å². The van der Waals surface area contributed by atoms with Crippen LogP contribution in [0.25, 0.3) is 11.0 Å². The highest BCUT2D eigenvalue weighted by atomic mass is 19.4. The number of nitrogens with zero attached hydrogens (tertiary/aromatic N) is 8. The lowest BCUT2D eigenvalue weighted by Crippen LogP contribution is -2.58. The topological polar surface area (TPSA) is 75.9 Å². The van der Waals surface area contributed by atoms with E-state index in [-0.39, 0.29) is 17.1 Å². The van der Waals surface area contributed by atoms with Gasteiger partial charge in [-0.3, -0.25) is 0 Å². The SMILES string of the molecule is Cc1nc(N2CCC3(C2)CN(c2ncc4c(C)nn(CC(F)F)c4n2)C3)cc(C(F)(F)F)n1. The molecule has 33 heavy (non-hydrogen) atoms. The molecule has 13 heteroatoms. The molecule has 2 fully saturated rings. The van der Waals surface area contributed by atoms with Crippen LogP contribution in [0.5, 0.6) is 0 Å². The third-order valence-corrected chi connectivity index (χ3v) is 6.18. The van der Waals surface area contributed by atoms with Crippen LogP contribution in [-0.4, -0.2) is 62.3 Å². The van der Waals surface area contributed by atoms with Gasteiger partial charge >= 0.3 is 6.18 Å². The predicted molar refractivity (Wildman–Crippen MR) is 109 cm³/mol. The third-order valence-electron chi connectivity index (χ3n) is 6.18. The summed E-state index contributed by atoms with van der Waals surface area (Å²) < 4.78 is 66.4. The molecule has 2 saturated heterocycles. The van der Waals surface area contributed by atoms with Crippen LogP contribution in [0.15, 0.2) is 12.3 Å². The molecule has 0 N–H and O–H groups in total. The standard InChI is InChI=1S/C20H21F5N8/c1-11-13-6-26-18(29-17(13)33(30-11)7-15(21)22)32-9-19(10-32)3-4-31(8-19)16-5-14(20(23,24)25)27-12(2)28-16/h5-6,15H,3-4,7-10H2,1-2H3. The first kappa shape index (κ1) is 21.7. The first-order valence-corrected chi connectivity index (χ1v) is 10.4. The zero-order valence-corrected chi connectivity index (χ0v) is 17.9. The van der Waals surface area contributed by atoms with Gasteiger partial charge in [0.05, 0.1) is 11.1 Å². The van der Waals surface area contributed by atoms with Crippen molar-refractivity contribution < 1.29 is 22.0 Å². The van der Waals surface area contributed by atoms with Gasteiger partial charge in [0.25, 0.3) is 6.43 Å². The largest absolute Gasteiger partial charge is 0.433 e. The third kappa shape index (κ3) is 3.93. The van der Waals surface area contributed by atoms with Gasteiger partial charge in [-0.15, -0.1) is 0 Å². The summed E-state index contributed by atoms with van der Waals surface area (Å²) in [6.07, 6.45) is -4.70. The van der Waals surface area contributed by atoms with Gasteiger partial charge in [0.1, 0.15) is 23.9 Å². The average Bonchev–Trinajstić information content (AvgIpc) is 3.28. The molecule has 0 atom stereocenters. The predicted octanol–water partition coefficient (Wildman–Crippen LogP) is 3.23. The molecule has 0 saturated carbocycles. The van der Waals surface area contributed by atoms with Crippen LogP contribution in [0.1, 0.15) is 23.6 Å². The Kier molecular flexibility index (Phi) is 4.90. The van der Waals surface area contributed by atoms with E-state index < -0.39 is 24.8 Å². The fourth-order valence-electron chi connectivity index (χ4n) is 4.66. The maximum Gasteiger partial charge on any atom is 0.433 e. The first-order chi connectivity index (χ1) is 15.5. The zero-order chi connectivity index (χ0) is 23.5. The number of aromatic nitrogens is 6. The van der Waals surface area contributed by atoms with Crippen LogP contribution >= 0.6 is 0 Å². The number of hydrogen-bond acceptors (Lipinski definition) is 7. The Bertz CT molecular complexity index is 1200. The highest BCUT2D eigenvalue weighted by molar-refractivity contribution is 5.78. The summed E-state index contributed by atoms with van der Waals surface area (Å²) in [5.74, 6) is 0.779. The molecule has 176 valence electrons. The molecule has 0 bridgehead atoms. The van der Waals surface area contributed by atoms with Crippen LogP contribution < -0.4 is 9.80 Å². The van der Waals surface area contributed by atoms with Gasteiger partial charge in [-0.1, -0.05) is 0 Å². The van der Waals surface area contributed by atoms with Crippen LogP contribution in [-0.2, 0) is 12.7 Å². The van der Waals surface area contributed by atoms with Crippen molar-refractivity contribution in [2.45, 2.75) is 39.4 Å². The number of anilines is 2. The molecule has 2 aliphatic rings. The number of halogens is 5. The summed E-state index contributed by atoms with van der Waals surface area (Å²) in [4.78, 5) is 20.4. The quantitative estimate of drug-likeness (QED) is 0.545. The highest BCUT2D eigenvalue weighted by Gasteiger charge is 2.49. The maximum absolute atomic E-state index is 13.1. The van der Waals surface area contributed by atoms with E-state index in [9.17, 15) is 22.0 Å². The Morgan fingerprint density at radius 3 is 2.48 bits per heavy atom. The van der Waals surface area contributed by atoms with E-state index in [2.05, 4.69) is 25.0 Å². The number of alkyl halides is 5. The monoisotopic (exact) mass is 468 g/mol. The lowest BCUT2D eigenvalue weighted by atomic mass is 9.79. The van der Waals surface area contributed by atoms with Crippen molar-refractivity contribution in [2.75, 3.05) is 36.0 Å². The molecule has 0 aliphatic carbocycles. The van der Waals surface area contributed by atoms with E-state index >= 15 is 0 Å². The Balaban J connectivity index is 1.32. The molecule has 0 amide bonds. The second-order valence-electron chi connectivity index (χ2n) is 8.75. The summed E-state index contributed by atoms with van der Waals surface area (Å²) in [5.41, 5.74) is -0.113. The van der Waals surface area contributed by atoms with Crippen LogP contribution in [0.3, 0.4) is 0 Å². The van der Waals surface area contributed by atoms with Crippen molar-refractivity contribution in [3.05, 3.63) is 29.5 Å². The molecule has 0 radical (unpaired) electrons. The molecule has 3 aromatic rings. The van der Waals surface area contributed by atoms with Crippen molar-refractivity contribution >= 4 is 22.8 Å². The molecular weight excluding hydrogens is 447 g/mol. The summed E-state index contributed by atoms with van der Waals surface area (Å²) in [6.45, 7) is 5.00. The van der Waals surface area contributed by atoms with Gasteiger partial charge in [0.2, 0.25) is 5.95 Å². The Labute approximate surface area is 185 Å². The van der Waals surface area contributed by atoms with Crippen molar-refractivity contribution in [3.63, 3.8) is 0 Å². The summed E-state index contributed by atoms with van der Waals surface area (Å²) in [5, 5.41) is 4.76. The lowest BCUT2D eigenvalue weighted by molar-refractivity contribution is -0.141. The fraction of sp³-hybridized carbons (Fsp3) is 0.550. The van der Waals surface area contributed by atoms with Crippen LogP contribution in [0.2, 0.25) is 0 Å². The number of fused-ring (bicyclic) bond motifs is 1. The van der Waals surface area contributed by atoms with E-state index in [4.69, 9.17) is 0 Å². The lowest BCUT2D eigenvalue weighted by Gasteiger charge is -2.48. The van der Waals surface area contributed by atoms with E-state index in [1.165, 1.54) is 11.6 Å². The van der Waals surface area contributed by atoms with E-state index in [1.807, 2.05) is 9.80 Å². The molecule has 8 nitrogen and oxygen atoms in total. The van der Waals surface area contributed by atoms with Crippen LogP contribution in [0.4, 0.5) is 33.7 Å². The van der Waals surface area contributed by atoms with Crippen molar-refractivity contribution in [3.8, 4) is 0 Å². The minimum atomic E-state index is -4.53.